The van der Waals surface area contributed by atoms with Gasteiger partial charge in [-0.25, -0.2) is 0 Å². The fourth-order valence-corrected chi connectivity index (χ4v) is 2.63. The highest BCUT2D eigenvalue weighted by Crippen LogP contribution is 2.31. The molecule has 1 aliphatic heterocycles. The van der Waals surface area contributed by atoms with Gasteiger partial charge in [-0.1, -0.05) is 12.8 Å². The summed E-state index contributed by atoms with van der Waals surface area (Å²) in [4.78, 5) is 25.7. The molecule has 20 heavy (non-hydrogen) atoms. The minimum atomic E-state index is -0.234. The van der Waals surface area contributed by atoms with Crippen molar-refractivity contribution in [1.82, 2.24) is 15.1 Å². The normalized spacial score (nSPS) is 22.4. The molecule has 2 aliphatic rings. The van der Waals surface area contributed by atoms with Crippen molar-refractivity contribution >= 4 is 17.5 Å². The number of carbonyl (C=O) groups is 2. The number of aromatic nitrogens is 2. The monoisotopic (exact) mass is 276 g/mol. The van der Waals surface area contributed by atoms with Gasteiger partial charge in [0.2, 0.25) is 11.8 Å². The van der Waals surface area contributed by atoms with Crippen LogP contribution in [0.15, 0.2) is 12.4 Å². The molecule has 1 unspecified atom stereocenters. The number of nitrogens with zero attached hydrogens (tertiary/aromatic N) is 3. The third-order valence-electron chi connectivity index (χ3n) is 4.05. The van der Waals surface area contributed by atoms with Crippen LogP contribution in [0.2, 0.25) is 0 Å². The fourth-order valence-electron chi connectivity index (χ4n) is 2.63. The number of carbonyl (C=O) groups excluding carboxylic acids is 2. The minimum absolute atomic E-state index is 0.000318. The zero-order chi connectivity index (χ0) is 14.1. The van der Waals surface area contributed by atoms with Crippen molar-refractivity contribution < 1.29 is 9.59 Å². The van der Waals surface area contributed by atoms with Crippen molar-refractivity contribution in [1.29, 1.82) is 0 Å². The van der Waals surface area contributed by atoms with Crippen molar-refractivity contribution in [2.24, 2.45) is 18.9 Å². The number of rotatable bonds is 5. The van der Waals surface area contributed by atoms with Gasteiger partial charge >= 0.3 is 0 Å². The summed E-state index contributed by atoms with van der Waals surface area (Å²) in [5, 5.41) is 7.02. The van der Waals surface area contributed by atoms with E-state index in [2.05, 4.69) is 10.4 Å². The van der Waals surface area contributed by atoms with Crippen LogP contribution in [-0.4, -0.2) is 34.7 Å². The van der Waals surface area contributed by atoms with E-state index >= 15 is 0 Å². The van der Waals surface area contributed by atoms with E-state index < -0.39 is 0 Å². The number of aryl methyl sites for hydroxylation is 1. The highest BCUT2D eigenvalue weighted by atomic mass is 16.2. The number of anilines is 1. The van der Waals surface area contributed by atoms with Gasteiger partial charge < -0.3 is 10.2 Å². The summed E-state index contributed by atoms with van der Waals surface area (Å²) >= 11 is 0. The average molecular weight is 276 g/mol. The molecular formula is C14H20N4O2. The van der Waals surface area contributed by atoms with Gasteiger partial charge in [-0.2, -0.15) is 5.10 Å². The van der Waals surface area contributed by atoms with Gasteiger partial charge in [0.1, 0.15) is 0 Å². The SMILES string of the molecule is Cn1cc(N2CC(C(=O)NCCC3CC3)CC2=O)cn1. The summed E-state index contributed by atoms with van der Waals surface area (Å²) in [6, 6.07) is 0. The maximum atomic E-state index is 12.1. The zero-order valence-corrected chi connectivity index (χ0v) is 11.7. The summed E-state index contributed by atoms with van der Waals surface area (Å²) in [6.07, 6.45) is 7.42. The van der Waals surface area contributed by atoms with Crippen LogP contribution in [0.1, 0.15) is 25.7 Å². The number of hydrogen-bond donors (Lipinski definition) is 1. The molecule has 1 aliphatic carbocycles. The van der Waals surface area contributed by atoms with E-state index in [1.165, 1.54) is 12.8 Å². The Morgan fingerprint density at radius 3 is 2.95 bits per heavy atom. The Bertz CT molecular complexity index is 521. The predicted molar refractivity (Wildman–Crippen MR) is 74.0 cm³/mol. The lowest BCUT2D eigenvalue weighted by Crippen LogP contribution is -2.33. The summed E-state index contributed by atoms with van der Waals surface area (Å²) in [5.41, 5.74) is 0.769. The van der Waals surface area contributed by atoms with Crippen molar-refractivity contribution in [2.45, 2.75) is 25.7 Å². The lowest BCUT2D eigenvalue weighted by molar-refractivity contribution is -0.126. The van der Waals surface area contributed by atoms with Crippen LogP contribution >= 0.6 is 0 Å². The summed E-state index contributed by atoms with van der Waals surface area (Å²) in [5.74, 6) is 0.583. The van der Waals surface area contributed by atoms with Gasteiger partial charge in [0.15, 0.2) is 0 Å². The van der Waals surface area contributed by atoms with Crippen molar-refractivity contribution in [3.8, 4) is 0 Å². The molecule has 1 aromatic rings. The first kappa shape index (κ1) is 13.1. The third-order valence-corrected chi connectivity index (χ3v) is 4.05. The molecule has 0 bridgehead atoms. The second-order valence-electron chi connectivity index (χ2n) is 5.80. The Labute approximate surface area is 118 Å². The molecule has 1 aromatic heterocycles. The molecule has 1 saturated carbocycles. The van der Waals surface area contributed by atoms with Crippen LogP contribution < -0.4 is 10.2 Å². The number of nitrogens with one attached hydrogen (secondary N) is 1. The first-order valence-electron chi connectivity index (χ1n) is 7.20. The maximum absolute atomic E-state index is 12.1. The van der Waals surface area contributed by atoms with Crippen molar-refractivity contribution in [3.05, 3.63) is 12.4 Å². The van der Waals surface area contributed by atoms with Crippen LogP contribution in [0.4, 0.5) is 5.69 Å². The lowest BCUT2D eigenvalue weighted by Gasteiger charge is -2.14. The van der Waals surface area contributed by atoms with E-state index in [0.29, 0.717) is 13.0 Å². The molecule has 1 saturated heterocycles. The van der Waals surface area contributed by atoms with E-state index in [1.54, 1.807) is 22.0 Å². The van der Waals surface area contributed by atoms with Gasteiger partial charge in [-0.05, 0) is 12.3 Å². The molecule has 2 fully saturated rings. The van der Waals surface area contributed by atoms with Gasteiger partial charge in [0.25, 0.3) is 0 Å². The van der Waals surface area contributed by atoms with Crippen LogP contribution in [0, 0.1) is 11.8 Å². The minimum Gasteiger partial charge on any atom is -0.356 e. The second kappa shape index (κ2) is 5.26. The van der Waals surface area contributed by atoms with E-state index in [-0.39, 0.29) is 17.7 Å². The molecule has 6 nitrogen and oxygen atoms in total. The molecule has 108 valence electrons. The van der Waals surface area contributed by atoms with Gasteiger partial charge in [-0.3, -0.25) is 14.3 Å². The second-order valence-corrected chi connectivity index (χ2v) is 5.80. The Morgan fingerprint density at radius 2 is 2.30 bits per heavy atom. The molecule has 1 atom stereocenters. The van der Waals surface area contributed by atoms with Crippen molar-refractivity contribution in [2.75, 3.05) is 18.0 Å². The standard InChI is InChI=1S/C14H20N4O2/c1-17-9-12(7-16-17)18-8-11(6-13(18)19)14(20)15-5-4-10-2-3-10/h7,9-11H,2-6,8H2,1H3,(H,15,20). The Balaban J connectivity index is 1.53. The Morgan fingerprint density at radius 1 is 1.50 bits per heavy atom. The van der Waals surface area contributed by atoms with Gasteiger partial charge in [0.05, 0.1) is 17.8 Å². The van der Waals surface area contributed by atoms with E-state index in [0.717, 1.165) is 24.6 Å². The van der Waals surface area contributed by atoms with Gasteiger partial charge in [0, 0.05) is 32.8 Å². The first-order valence-corrected chi connectivity index (χ1v) is 7.20. The van der Waals surface area contributed by atoms with Crippen LogP contribution in [0.3, 0.4) is 0 Å². The Hall–Kier alpha value is -1.85. The predicted octanol–water partition coefficient (Wildman–Crippen LogP) is 0.689. The summed E-state index contributed by atoms with van der Waals surface area (Å²) in [7, 11) is 1.81. The van der Waals surface area contributed by atoms with E-state index in [9.17, 15) is 9.59 Å². The number of amides is 2. The molecule has 0 radical (unpaired) electrons. The van der Waals surface area contributed by atoms with Crippen LogP contribution in [0.5, 0.6) is 0 Å². The van der Waals surface area contributed by atoms with Gasteiger partial charge in [-0.15, -0.1) is 0 Å². The van der Waals surface area contributed by atoms with E-state index in [4.69, 9.17) is 0 Å². The highest BCUT2D eigenvalue weighted by Gasteiger charge is 2.35. The van der Waals surface area contributed by atoms with Crippen molar-refractivity contribution in [3.63, 3.8) is 0 Å². The average Bonchev–Trinajstić information content (AvgIpc) is 3.01. The van der Waals surface area contributed by atoms with Crippen LogP contribution in [-0.2, 0) is 16.6 Å². The topological polar surface area (TPSA) is 67.2 Å². The molecular weight excluding hydrogens is 256 g/mol. The van der Waals surface area contributed by atoms with Crippen LogP contribution in [0.25, 0.3) is 0 Å². The summed E-state index contributed by atoms with van der Waals surface area (Å²) < 4.78 is 1.66. The molecule has 2 heterocycles. The third kappa shape index (κ3) is 2.84. The molecule has 6 heteroatoms. The molecule has 0 aromatic carbocycles. The molecule has 2 amide bonds. The number of hydrogen-bond acceptors (Lipinski definition) is 3. The summed E-state index contributed by atoms with van der Waals surface area (Å²) in [6.45, 7) is 1.20. The zero-order valence-electron chi connectivity index (χ0n) is 11.7. The molecule has 0 spiro atoms. The molecule has 1 N–H and O–H groups in total. The quantitative estimate of drug-likeness (QED) is 0.860. The smallest absolute Gasteiger partial charge is 0.227 e. The fraction of sp³-hybridized carbons (Fsp3) is 0.643. The lowest BCUT2D eigenvalue weighted by atomic mass is 10.1. The highest BCUT2D eigenvalue weighted by molar-refractivity contribution is 6.00. The molecule has 3 rings (SSSR count). The first-order chi connectivity index (χ1) is 9.63. The largest absolute Gasteiger partial charge is 0.356 e. The van der Waals surface area contributed by atoms with E-state index in [1.807, 2.05) is 7.05 Å². The Kier molecular flexibility index (Phi) is 3.46. The maximum Gasteiger partial charge on any atom is 0.227 e.